The van der Waals surface area contributed by atoms with Crippen molar-refractivity contribution in [3.05, 3.63) is 36.2 Å². The largest absolute Gasteiger partial charge is 0.495 e. The molecule has 2 aromatic rings. The second-order valence-electron chi connectivity index (χ2n) is 3.76. The molecule has 94 valence electrons. The number of aromatic nitrogens is 2. The molecule has 0 atom stereocenters. The van der Waals surface area contributed by atoms with Crippen molar-refractivity contribution in [3.8, 4) is 5.75 Å². The van der Waals surface area contributed by atoms with Gasteiger partial charge in [-0.25, -0.2) is 9.97 Å². The Balaban J connectivity index is 2.30. The predicted octanol–water partition coefficient (Wildman–Crippen LogP) is 2.58. The van der Waals surface area contributed by atoms with Crippen LogP contribution < -0.4 is 15.4 Å². The molecule has 0 spiro atoms. The number of hydrogen-bond acceptors (Lipinski definition) is 5. The van der Waals surface area contributed by atoms with Crippen molar-refractivity contribution in [2.24, 2.45) is 0 Å². The molecular formula is C13H16N4O. The summed E-state index contributed by atoms with van der Waals surface area (Å²) < 4.78 is 5.28. The first-order valence-electron chi connectivity index (χ1n) is 5.66. The first kappa shape index (κ1) is 12.2. The van der Waals surface area contributed by atoms with Crippen LogP contribution in [-0.2, 0) is 0 Å². The summed E-state index contributed by atoms with van der Waals surface area (Å²) in [5.41, 5.74) is 0.875. The maximum atomic E-state index is 5.28. The van der Waals surface area contributed by atoms with Gasteiger partial charge >= 0.3 is 0 Å². The van der Waals surface area contributed by atoms with Crippen LogP contribution in [0.2, 0.25) is 0 Å². The molecule has 1 aromatic heterocycles. The Labute approximate surface area is 106 Å². The molecule has 0 saturated heterocycles. The molecule has 0 unspecified atom stereocenters. The Morgan fingerprint density at radius 1 is 1.11 bits per heavy atom. The van der Waals surface area contributed by atoms with E-state index in [1.54, 1.807) is 7.11 Å². The van der Waals surface area contributed by atoms with Crippen LogP contribution in [0, 0.1) is 6.92 Å². The number of anilines is 3. The molecule has 0 aliphatic heterocycles. The minimum Gasteiger partial charge on any atom is -0.495 e. The van der Waals surface area contributed by atoms with E-state index in [0.29, 0.717) is 5.82 Å². The summed E-state index contributed by atoms with van der Waals surface area (Å²) >= 11 is 0. The fourth-order valence-corrected chi connectivity index (χ4v) is 1.65. The van der Waals surface area contributed by atoms with E-state index in [9.17, 15) is 0 Å². The van der Waals surface area contributed by atoms with Gasteiger partial charge < -0.3 is 15.4 Å². The average Bonchev–Trinajstić information content (AvgIpc) is 2.38. The molecule has 0 fully saturated rings. The van der Waals surface area contributed by atoms with Crippen molar-refractivity contribution in [1.29, 1.82) is 0 Å². The number of nitrogens with one attached hydrogen (secondary N) is 2. The van der Waals surface area contributed by atoms with Gasteiger partial charge in [0.25, 0.3) is 0 Å². The topological polar surface area (TPSA) is 59.1 Å². The van der Waals surface area contributed by atoms with E-state index >= 15 is 0 Å². The summed E-state index contributed by atoms with van der Waals surface area (Å²) in [6.07, 6.45) is 0. The van der Waals surface area contributed by atoms with Crippen LogP contribution in [0.4, 0.5) is 17.3 Å². The van der Waals surface area contributed by atoms with Crippen molar-refractivity contribution in [1.82, 2.24) is 9.97 Å². The lowest BCUT2D eigenvalue weighted by molar-refractivity contribution is 0.417. The molecule has 1 aromatic carbocycles. The van der Waals surface area contributed by atoms with Crippen molar-refractivity contribution in [2.75, 3.05) is 24.8 Å². The highest BCUT2D eigenvalue weighted by Crippen LogP contribution is 2.26. The Bertz CT molecular complexity index is 542. The van der Waals surface area contributed by atoms with Crippen LogP contribution in [0.25, 0.3) is 0 Å². The number of rotatable bonds is 4. The zero-order chi connectivity index (χ0) is 13.0. The van der Waals surface area contributed by atoms with Crippen LogP contribution in [0.3, 0.4) is 0 Å². The van der Waals surface area contributed by atoms with Crippen molar-refractivity contribution >= 4 is 17.3 Å². The second kappa shape index (κ2) is 5.35. The van der Waals surface area contributed by atoms with Crippen LogP contribution in [0.5, 0.6) is 5.75 Å². The highest BCUT2D eigenvalue weighted by molar-refractivity contribution is 5.65. The average molecular weight is 244 g/mol. The number of nitrogens with zero attached hydrogens (tertiary/aromatic N) is 2. The van der Waals surface area contributed by atoms with E-state index in [1.807, 2.05) is 44.3 Å². The molecule has 2 rings (SSSR count). The smallest absolute Gasteiger partial charge is 0.142 e. The normalized spacial score (nSPS) is 9.94. The molecule has 0 bridgehead atoms. The number of ether oxygens (including phenoxy) is 1. The third-order valence-electron chi connectivity index (χ3n) is 2.46. The molecule has 0 aliphatic carbocycles. The number of benzene rings is 1. The zero-order valence-corrected chi connectivity index (χ0v) is 10.7. The quantitative estimate of drug-likeness (QED) is 0.865. The van der Waals surface area contributed by atoms with E-state index in [2.05, 4.69) is 20.6 Å². The van der Waals surface area contributed by atoms with Crippen LogP contribution in [0.15, 0.2) is 30.3 Å². The maximum Gasteiger partial charge on any atom is 0.142 e. The summed E-state index contributed by atoms with van der Waals surface area (Å²) in [6, 6.07) is 9.55. The van der Waals surface area contributed by atoms with Gasteiger partial charge in [-0.05, 0) is 19.1 Å². The number of hydrogen-bond donors (Lipinski definition) is 2. The highest BCUT2D eigenvalue weighted by Gasteiger charge is 2.04. The van der Waals surface area contributed by atoms with Gasteiger partial charge in [-0.2, -0.15) is 0 Å². The fraction of sp³-hybridized carbons (Fsp3) is 0.231. The molecule has 1 heterocycles. The number of methoxy groups -OCH3 is 1. The molecular weight excluding hydrogens is 228 g/mol. The first-order valence-corrected chi connectivity index (χ1v) is 5.66. The molecule has 0 aliphatic rings. The summed E-state index contributed by atoms with van der Waals surface area (Å²) in [5, 5.41) is 6.22. The standard InChI is InChI=1S/C13H16N4O/c1-9-15-12(14-2)8-13(16-9)17-10-6-4-5-7-11(10)18-3/h4-8H,1-3H3,(H2,14,15,16,17). The van der Waals surface area contributed by atoms with Gasteiger partial charge in [-0.3, -0.25) is 0 Å². The summed E-state index contributed by atoms with van der Waals surface area (Å²) in [7, 11) is 3.47. The van der Waals surface area contributed by atoms with E-state index in [-0.39, 0.29) is 0 Å². The van der Waals surface area contributed by atoms with Crippen molar-refractivity contribution in [2.45, 2.75) is 6.92 Å². The molecule has 18 heavy (non-hydrogen) atoms. The second-order valence-corrected chi connectivity index (χ2v) is 3.76. The third kappa shape index (κ3) is 2.68. The molecule has 0 radical (unpaired) electrons. The predicted molar refractivity (Wildman–Crippen MR) is 72.6 cm³/mol. The molecule has 5 nitrogen and oxygen atoms in total. The Morgan fingerprint density at radius 2 is 1.83 bits per heavy atom. The van der Waals surface area contributed by atoms with E-state index < -0.39 is 0 Å². The maximum absolute atomic E-state index is 5.28. The minimum absolute atomic E-state index is 0.708. The Hall–Kier alpha value is -2.30. The lowest BCUT2D eigenvalue weighted by Crippen LogP contribution is -2.02. The van der Waals surface area contributed by atoms with Gasteiger partial charge in [-0.1, -0.05) is 12.1 Å². The third-order valence-corrected chi connectivity index (χ3v) is 2.46. The lowest BCUT2D eigenvalue weighted by atomic mass is 10.3. The van der Waals surface area contributed by atoms with Crippen molar-refractivity contribution in [3.63, 3.8) is 0 Å². The Kier molecular flexibility index (Phi) is 3.62. The summed E-state index contributed by atoms with van der Waals surface area (Å²) in [4.78, 5) is 8.58. The summed E-state index contributed by atoms with van der Waals surface area (Å²) in [6.45, 7) is 1.86. The monoisotopic (exact) mass is 244 g/mol. The fourth-order valence-electron chi connectivity index (χ4n) is 1.65. The zero-order valence-electron chi connectivity index (χ0n) is 10.7. The highest BCUT2D eigenvalue weighted by atomic mass is 16.5. The number of para-hydroxylation sites is 2. The SMILES string of the molecule is CNc1cc(Nc2ccccc2OC)nc(C)n1. The molecule has 5 heteroatoms. The lowest BCUT2D eigenvalue weighted by Gasteiger charge is -2.11. The Morgan fingerprint density at radius 3 is 2.56 bits per heavy atom. The van der Waals surface area contributed by atoms with Gasteiger partial charge in [-0.15, -0.1) is 0 Å². The summed E-state index contributed by atoms with van der Waals surface area (Å²) in [5.74, 6) is 3.00. The van der Waals surface area contributed by atoms with Crippen molar-refractivity contribution < 1.29 is 4.74 Å². The van der Waals surface area contributed by atoms with Gasteiger partial charge in [0.2, 0.25) is 0 Å². The van der Waals surface area contributed by atoms with Gasteiger partial charge in [0.1, 0.15) is 23.2 Å². The van der Waals surface area contributed by atoms with E-state index in [1.165, 1.54) is 0 Å². The van der Waals surface area contributed by atoms with Gasteiger partial charge in [0, 0.05) is 13.1 Å². The van der Waals surface area contributed by atoms with Gasteiger partial charge in [0.15, 0.2) is 0 Å². The first-order chi connectivity index (χ1) is 8.72. The van der Waals surface area contributed by atoms with Crippen LogP contribution >= 0.6 is 0 Å². The van der Waals surface area contributed by atoms with Crippen LogP contribution in [-0.4, -0.2) is 24.1 Å². The number of aryl methyl sites for hydroxylation is 1. The van der Waals surface area contributed by atoms with E-state index in [4.69, 9.17) is 4.74 Å². The van der Waals surface area contributed by atoms with E-state index in [0.717, 1.165) is 23.1 Å². The van der Waals surface area contributed by atoms with Crippen LogP contribution in [0.1, 0.15) is 5.82 Å². The molecule has 2 N–H and O–H groups in total. The van der Waals surface area contributed by atoms with Gasteiger partial charge in [0.05, 0.1) is 12.8 Å². The minimum atomic E-state index is 0.708. The molecule has 0 amide bonds. The molecule has 0 saturated carbocycles.